The summed E-state index contributed by atoms with van der Waals surface area (Å²) in [5, 5.41) is 0. The summed E-state index contributed by atoms with van der Waals surface area (Å²) < 4.78 is 8.20. The van der Waals surface area contributed by atoms with Crippen LogP contribution in [0, 0.1) is 0 Å². The van der Waals surface area contributed by atoms with Gasteiger partial charge in [0.05, 0.1) is 24.6 Å². The fourth-order valence-corrected chi connectivity index (χ4v) is 5.93. The summed E-state index contributed by atoms with van der Waals surface area (Å²) in [4.78, 5) is 0.291. The minimum absolute atomic E-state index is 0.291. The van der Waals surface area contributed by atoms with Crippen molar-refractivity contribution < 1.29 is 4.74 Å². The van der Waals surface area contributed by atoms with Crippen LogP contribution in [0.15, 0.2) is 13.6 Å². The quantitative estimate of drug-likeness (QED) is 0.594. The molecular weight excluding hydrogens is 408 g/mol. The molecule has 15 heavy (non-hydrogen) atoms. The number of hydrogen-bond donors (Lipinski definition) is 0. The second-order valence-electron chi connectivity index (χ2n) is 3.74. The Balaban J connectivity index is 2.13. The third-order valence-corrected chi connectivity index (χ3v) is 6.04. The van der Waals surface area contributed by atoms with E-state index in [4.69, 9.17) is 4.74 Å². The first-order valence-corrected chi connectivity index (χ1v) is 8.14. The van der Waals surface area contributed by atoms with Crippen molar-refractivity contribution in [2.24, 2.45) is 0 Å². The molecule has 1 aliphatic rings. The molecule has 0 spiro atoms. The molecule has 1 aromatic rings. The van der Waals surface area contributed by atoms with E-state index in [0.717, 1.165) is 16.6 Å². The number of alkyl halides is 1. The van der Waals surface area contributed by atoms with Crippen LogP contribution >= 0.6 is 59.1 Å². The van der Waals surface area contributed by atoms with Gasteiger partial charge < -0.3 is 4.74 Å². The van der Waals surface area contributed by atoms with Crippen LogP contribution in [0.4, 0.5) is 0 Å². The maximum absolute atomic E-state index is 5.86. The Morgan fingerprint density at radius 3 is 2.67 bits per heavy atom. The van der Waals surface area contributed by atoms with E-state index in [1.165, 1.54) is 9.35 Å². The lowest BCUT2D eigenvalue weighted by atomic mass is 10.1. The zero-order valence-electron chi connectivity index (χ0n) is 8.17. The standard InChI is InChI=1S/C10H11Br3OS/c1-5-2-3-7(14-5)9(12)6-4-8(11)15-10(6)13/h4-5,7,9H,2-3H2,1H3. The maximum atomic E-state index is 5.86. The lowest BCUT2D eigenvalue weighted by Crippen LogP contribution is -2.14. The number of hydrogen-bond acceptors (Lipinski definition) is 2. The van der Waals surface area contributed by atoms with Crippen LogP contribution in [0.2, 0.25) is 0 Å². The van der Waals surface area contributed by atoms with Gasteiger partial charge in [0.1, 0.15) is 0 Å². The number of rotatable bonds is 2. The van der Waals surface area contributed by atoms with Crippen molar-refractivity contribution >= 4 is 59.1 Å². The molecule has 2 rings (SSSR count). The molecule has 0 radical (unpaired) electrons. The lowest BCUT2D eigenvalue weighted by molar-refractivity contribution is 0.0556. The fraction of sp³-hybridized carbons (Fsp3) is 0.600. The van der Waals surface area contributed by atoms with Gasteiger partial charge in [0.25, 0.3) is 0 Å². The molecule has 1 nitrogen and oxygen atoms in total. The van der Waals surface area contributed by atoms with Crippen LogP contribution in [0.3, 0.4) is 0 Å². The monoisotopic (exact) mass is 416 g/mol. The maximum Gasteiger partial charge on any atom is 0.0754 e. The highest BCUT2D eigenvalue weighted by atomic mass is 79.9. The van der Waals surface area contributed by atoms with Crippen molar-refractivity contribution in [2.75, 3.05) is 0 Å². The van der Waals surface area contributed by atoms with Crippen molar-refractivity contribution in [2.45, 2.75) is 36.8 Å². The summed E-state index contributed by atoms with van der Waals surface area (Å²) in [6.45, 7) is 2.14. The summed E-state index contributed by atoms with van der Waals surface area (Å²) in [5.74, 6) is 0. The van der Waals surface area contributed by atoms with Crippen molar-refractivity contribution in [1.29, 1.82) is 0 Å². The lowest BCUT2D eigenvalue weighted by Gasteiger charge is -2.17. The molecular formula is C10H11Br3OS. The van der Waals surface area contributed by atoms with E-state index in [-0.39, 0.29) is 0 Å². The van der Waals surface area contributed by atoms with Gasteiger partial charge in [0.2, 0.25) is 0 Å². The summed E-state index contributed by atoms with van der Waals surface area (Å²) >= 11 is 12.5. The number of ether oxygens (including phenoxy) is 1. The molecule has 1 aliphatic heterocycles. The summed E-state index contributed by atoms with van der Waals surface area (Å²) in [7, 11) is 0. The van der Waals surface area contributed by atoms with Gasteiger partial charge in [-0.2, -0.15) is 0 Å². The van der Waals surface area contributed by atoms with E-state index in [1.807, 2.05) is 0 Å². The number of halogens is 3. The molecule has 0 aliphatic carbocycles. The molecule has 3 unspecified atom stereocenters. The predicted octanol–water partition coefficient (Wildman–Crippen LogP) is 5.28. The van der Waals surface area contributed by atoms with E-state index in [9.17, 15) is 0 Å². The third kappa shape index (κ3) is 2.86. The van der Waals surface area contributed by atoms with Gasteiger partial charge in [-0.05, 0) is 63.3 Å². The highest BCUT2D eigenvalue weighted by molar-refractivity contribution is 9.12. The average molecular weight is 419 g/mol. The van der Waals surface area contributed by atoms with Gasteiger partial charge in [0.15, 0.2) is 0 Å². The van der Waals surface area contributed by atoms with Crippen LogP contribution in [0.25, 0.3) is 0 Å². The Morgan fingerprint density at radius 1 is 1.47 bits per heavy atom. The van der Waals surface area contributed by atoms with E-state index in [0.29, 0.717) is 17.0 Å². The van der Waals surface area contributed by atoms with Crippen LogP contribution in [0.5, 0.6) is 0 Å². The number of thiophene rings is 1. The van der Waals surface area contributed by atoms with Crippen LogP contribution < -0.4 is 0 Å². The second-order valence-corrected chi connectivity index (χ2v) is 8.48. The average Bonchev–Trinajstić information content (AvgIpc) is 2.71. The smallest absolute Gasteiger partial charge is 0.0754 e. The third-order valence-electron chi connectivity index (χ3n) is 2.57. The Labute approximate surface area is 119 Å². The molecule has 0 aromatic carbocycles. The highest BCUT2D eigenvalue weighted by Gasteiger charge is 2.30. The molecule has 0 N–H and O–H groups in total. The van der Waals surface area contributed by atoms with Gasteiger partial charge in [-0.15, -0.1) is 11.3 Å². The minimum atomic E-state index is 0.291. The second kappa shape index (κ2) is 5.17. The first-order chi connectivity index (χ1) is 7.08. The summed E-state index contributed by atoms with van der Waals surface area (Å²) in [6.07, 6.45) is 3.00. The molecule has 2 heterocycles. The van der Waals surface area contributed by atoms with Crippen LogP contribution in [-0.2, 0) is 4.74 Å². The van der Waals surface area contributed by atoms with Gasteiger partial charge in [0, 0.05) is 0 Å². The van der Waals surface area contributed by atoms with E-state index in [2.05, 4.69) is 60.8 Å². The van der Waals surface area contributed by atoms with Crippen LogP contribution in [-0.4, -0.2) is 12.2 Å². The largest absolute Gasteiger partial charge is 0.374 e. The fourth-order valence-electron chi connectivity index (χ4n) is 1.79. The van der Waals surface area contributed by atoms with Crippen molar-refractivity contribution in [1.82, 2.24) is 0 Å². The van der Waals surface area contributed by atoms with Crippen LogP contribution in [0.1, 0.15) is 30.2 Å². The van der Waals surface area contributed by atoms with E-state index >= 15 is 0 Å². The molecule has 3 atom stereocenters. The van der Waals surface area contributed by atoms with Gasteiger partial charge >= 0.3 is 0 Å². The first kappa shape index (κ1) is 12.6. The van der Waals surface area contributed by atoms with Crippen molar-refractivity contribution in [3.63, 3.8) is 0 Å². The van der Waals surface area contributed by atoms with Crippen molar-refractivity contribution in [3.8, 4) is 0 Å². The van der Waals surface area contributed by atoms with Gasteiger partial charge in [-0.25, -0.2) is 0 Å². The Kier molecular flexibility index (Phi) is 4.33. The summed E-state index contributed by atoms with van der Waals surface area (Å²) in [6, 6.07) is 2.15. The molecule has 84 valence electrons. The zero-order valence-corrected chi connectivity index (χ0v) is 13.7. The molecule has 5 heteroatoms. The predicted molar refractivity (Wildman–Crippen MR) is 75.0 cm³/mol. The van der Waals surface area contributed by atoms with E-state index in [1.54, 1.807) is 11.3 Å². The van der Waals surface area contributed by atoms with Gasteiger partial charge in [-0.3, -0.25) is 0 Å². The zero-order chi connectivity index (χ0) is 11.0. The molecule has 0 bridgehead atoms. The summed E-state index contributed by atoms with van der Waals surface area (Å²) in [5.41, 5.74) is 1.28. The Hall–Kier alpha value is 1.10. The molecule has 1 aromatic heterocycles. The first-order valence-electron chi connectivity index (χ1n) is 4.82. The van der Waals surface area contributed by atoms with Gasteiger partial charge in [-0.1, -0.05) is 15.9 Å². The SMILES string of the molecule is CC1CCC(C(Br)c2cc(Br)sc2Br)O1. The highest BCUT2D eigenvalue weighted by Crippen LogP contribution is 2.43. The molecule has 0 amide bonds. The Morgan fingerprint density at radius 2 is 2.20 bits per heavy atom. The normalized spacial score (nSPS) is 28.3. The van der Waals surface area contributed by atoms with Crippen molar-refractivity contribution in [3.05, 3.63) is 19.2 Å². The Bertz CT molecular complexity index is 352. The minimum Gasteiger partial charge on any atom is -0.374 e. The van der Waals surface area contributed by atoms with E-state index < -0.39 is 0 Å². The topological polar surface area (TPSA) is 9.23 Å². The molecule has 0 saturated carbocycles. The molecule has 1 saturated heterocycles. The molecule has 1 fully saturated rings.